The normalized spacial score (nSPS) is 41.0. The predicted octanol–water partition coefficient (Wildman–Crippen LogP) is 3.65. The number of aliphatic hydroxyl groups is 5. The van der Waals surface area contributed by atoms with E-state index >= 15 is 0 Å². The number of nitro benzene ring substituents is 1. The van der Waals surface area contributed by atoms with Gasteiger partial charge in [-0.3, -0.25) is 24.6 Å². The fraction of sp³-hybridized carbons (Fsp3) is 0.830. The van der Waals surface area contributed by atoms with Gasteiger partial charge in [0.1, 0.15) is 35.6 Å². The number of hydrogen-bond donors (Lipinski definition) is 6. The van der Waals surface area contributed by atoms with Gasteiger partial charge < -0.3 is 64.2 Å². The molecule has 3 aliphatic heterocycles. The quantitative estimate of drug-likeness (QED) is 0.0714. The Kier molecular flexibility index (Phi) is 20.0. The van der Waals surface area contributed by atoms with Crippen molar-refractivity contribution in [3.05, 3.63) is 38.9 Å². The number of ether oxygens (including phenoxy) is 6. The molecule has 1 aromatic rings. The van der Waals surface area contributed by atoms with Crippen LogP contribution in [0.15, 0.2) is 18.2 Å². The number of benzene rings is 1. The zero-order valence-corrected chi connectivity index (χ0v) is 42.3. The maximum Gasteiger partial charge on any atom is 0.311 e. The number of esters is 1. The number of nitrogens with one attached hydrogen (secondary N) is 1. The molecule has 0 aliphatic carbocycles. The summed E-state index contributed by atoms with van der Waals surface area (Å²) in [7, 11) is 5.18. The van der Waals surface area contributed by atoms with Crippen LogP contribution in [0.5, 0.6) is 0 Å². The van der Waals surface area contributed by atoms with Crippen LogP contribution in [0, 0.1) is 27.9 Å². The molecule has 384 valence electrons. The number of halogens is 1. The third-order valence-electron chi connectivity index (χ3n) is 14.3. The molecule has 3 saturated heterocycles. The molecule has 67 heavy (non-hydrogen) atoms. The van der Waals surface area contributed by atoms with E-state index in [0.29, 0.717) is 12.8 Å². The molecule has 4 rings (SSSR count). The van der Waals surface area contributed by atoms with Crippen LogP contribution in [0.4, 0.5) is 5.69 Å². The summed E-state index contributed by atoms with van der Waals surface area (Å²) in [6, 6.07) is 2.59. The number of aliphatic hydroxyl groups excluding tert-OH is 3. The van der Waals surface area contributed by atoms with E-state index in [4.69, 9.17) is 40.0 Å². The van der Waals surface area contributed by atoms with E-state index in [1.54, 1.807) is 48.5 Å². The van der Waals surface area contributed by atoms with E-state index in [-0.39, 0.29) is 67.5 Å². The van der Waals surface area contributed by atoms with Crippen molar-refractivity contribution in [2.45, 2.75) is 192 Å². The van der Waals surface area contributed by atoms with Gasteiger partial charge in [-0.25, -0.2) is 0 Å². The zero-order chi connectivity index (χ0) is 50.5. The summed E-state index contributed by atoms with van der Waals surface area (Å²) in [5, 5.41) is 74.3. The standard InChI is InChI=1S/C47H79ClN4O15/c1-14-35-47(10,59)39(54)29(6)51(19-15-18-49-42(56)32-21-31(48)16-17-33(32)52(60)61)24-25(2)22-45(8,58)41(67-44-37(53)34(50(11)12)20-26(3)63-44)27(4)38(28(5)43(57)65-35)66-36-23-46(9,62-13)40(55)30(7)64-36/h16-17,21,25-30,34-41,44,53-55,58-59H,14-15,18-20,22-24H2,1-13H3,(H,49,56)/t25-,26-,27+,28-,29-,30+,34+,35-,36+,37-,38+,39-,40+,41-,44+,45-,46-,47-/m1/s1. The lowest BCUT2D eigenvalue weighted by Gasteiger charge is -2.48. The molecule has 0 radical (unpaired) electrons. The molecule has 0 unspecified atom stereocenters. The van der Waals surface area contributed by atoms with E-state index in [1.165, 1.54) is 26.2 Å². The smallest absolute Gasteiger partial charge is 0.311 e. The van der Waals surface area contributed by atoms with E-state index in [2.05, 4.69) is 5.32 Å². The van der Waals surface area contributed by atoms with E-state index in [0.717, 1.165) is 6.07 Å². The summed E-state index contributed by atoms with van der Waals surface area (Å²) in [6.07, 6.45) is -9.33. The van der Waals surface area contributed by atoms with Crippen molar-refractivity contribution < 1.29 is 68.5 Å². The van der Waals surface area contributed by atoms with Crippen molar-refractivity contribution in [3.8, 4) is 0 Å². The average Bonchev–Trinajstić information content (AvgIpc) is 3.25. The Hall–Kier alpha value is -2.63. The molecule has 3 aliphatic rings. The molecule has 6 N–H and O–H groups in total. The summed E-state index contributed by atoms with van der Waals surface area (Å²) < 4.78 is 37.9. The lowest BCUT2D eigenvalue weighted by molar-refractivity contribution is -0.385. The number of hydrogen-bond acceptors (Lipinski definition) is 17. The first-order valence-corrected chi connectivity index (χ1v) is 24.0. The van der Waals surface area contributed by atoms with Gasteiger partial charge in [0.25, 0.3) is 11.6 Å². The van der Waals surface area contributed by atoms with Crippen molar-refractivity contribution in [1.82, 2.24) is 15.1 Å². The molecule has 3 heterocycles. The largest absolute Gasteiger partial charge is 0.459 e. The van der Waals surface area contributed by atoms with Crippen LogP contribution in [-0.4, -0.2) is 183 Å². The van der Waals surface area contributed by atoms with Crippen LogP contribution in [0.1, 0.15) is 112 Å². The van der Waals surface area contributed by atoms with Crippen molar-refractivity contribution in [3.63, 3.8) is 0 Å². The second-order valence-electron chi connectivity index (χ2n) is 20.2. The molecule has 0 saturated carbocycles. The Morgan fingerprint density at radius 1 is 1.03 bits per heavy atom. The van der Waals surface area contributed by atoms with Gasteiger partial charge in [-0.1, -0.05) is 32.4 Å². The minimum absolute atomic E-state index is 0.0713. The van der Waals surface area contributed by atoms with Crippen LogP contribution >= 0.6 is 11.6 Å². The molecule has 19 nitrogen and oxygen atoms in total. The lowest BCUT2D eigenvalue weighted by atomic mass is 9.77. The molecule has 0 bridgehead atoms. The van der Waals surface area contributed by atoms with E-state index in [1.807, 2.05) is 37.7 Å². The maximum absolute atomic E-state index is 14.5. The summed E-state index contributed by atoms with van der Waals surface area (Å²) in [5.74, 6) is -3.78. The molecule has 3 fully saturated rings. The summed E-state index contributed by atoms with van der Waals surface area (Å²) >= 11 is 6.07. The number of rotatable bonds is 13. The van der Waals surface area contributed by atoms with E-state index in [9.17, 15) is 45.2 Å². The number of amides is 1. The number of cyclic esters (lactones) is 1. The molecule has 18 atom stereocenters. The van der Waals surface area contributed by atoms with Crippen LogP contribution in [0.2, 0.25) is 5.02 Å². The predicted molar refractivity (Wildman–Crippen MR) is 248 cm³/mol. The van der Waals surface area contributed by atoms with Gasteiger partial charge in [0.05, 0.1) is 46.5 Å². The molecular formula is C47H79ClN4O15. The van der Waals surface area contributed by atoms with Crippen LogP contribution in [0.25, 0.3) is 0 Å². The molecule has 0 aromatic heterocycles. The number of carbonyl (C=O) groups is 2. The molecule has 1 amide bonds. The van der Waals surface area contributed by atoms with Gasteiger partial charge in [0.2, 0.25) is 0 Å². The average molecular weight is 976 g/mol. The van der Waals surface area contributed by atoms with Crippen molar-refractivity contribution in [1.29, 1.82) is 0 Å². The van der Waals surface area contributed by atoms with Gasteiger partial charge >= 0.3 is 5.97 Å². The number of likely N-dealkylation sites (N-methyl/N-ethyl adjacent to an activating group) is 1. The zero-order valence-electron chi connectivity index (χ0n) is 41.6. The Morgan fingerprint density at radius 3 is 2.28 bits per heavy atom. The fourth-order valence-electron chi connectivity index (χ4n) is 10.3. The first-order valence-electron chi connectivity index (χ1n) is 23.6. The Labute approximate surface area is 400 Å². The second-order valence-corrected chi connectivity index (χ2v) is 20.7. The third-order valence-corrected chi connectivity index (χ3v) is 14.6. The number of nitrogens with zero attached hydrogens (tertiary/aromatic N) is 3. The Balaban J connectivity index is 1.77. The minimum Gasteiger partial charge on any atom is -0.459 e. The van der Waals surface area contributed by atoms with Gasteiger partial charge in [-0.15, -0.1) is 0 Å². The third kappa shape index (κ3) is 13.6. The fourth-order valence-corrected chi connectivity index (χ4v) is 10.5. The van der Waals surface area contributed by atoms with Gasteiger partial charge in [0, 0.05) is 62.3 Å². The van der Waals surface area contributed by atoms with Gasteiger partial charge in [-0.05, 0) is 106 Å². The Morgan fingerprint density at radius 2 is 1.69 bits per heavy atom. The highest BCUT2D eigenvalue weighted by atomic mass is 35.5. The first-order chi connectivity index (χ1) is 31.1. The highest BCUT2D eigenvalue weighted by Gasteiger charge is 2.53. The topological polar surface area (TPSA) is 252 Å². The highest BCUT2D eigenvalue weighted by molar-refractivity contribution is 6.31. The second kappa shape index (κ2) is 23.5. The Bertz CT molecular complexity index is 1810. The van der Waals surface area contributed by atoms with Crippen LogP contribution < -0.4 is 5.32 Å². The van der Waals surface area contributed by atoms with Gasteiger partial charge in [-0.2, -0.15) is 0 Å². The SMILES string of the molecule is CC[C@H]1OC(=O)[C@H](C)[C@@H](O[C@H]2C[C@@](C)(OC)[C@@H](O)[C@H](C)O2)[C@H](C)[C@@H](O[C@@H]2O[C@H](C)C[C@H](N(C)C)[C@H]2O)[C@](C)(O)C[C@@H](C)CN(CCCNC(=O)c2cc(Cl)ccc2[N+](=O)[O-])[C@H](C)[C@@H](O)[C@]1(C)O. The first kappa shape index (κ1) is 57.0. The number of methoxy groups -OCH3 is 1. The van der Waals surface area contributed by atoms with E-state index < -0.39 is 112 Å². The van der Waals surface area contributed by atoms with Crippen molar-refractivity contribution in [2.24, 2.45) is 17.8 Å². The minimum atomic E-state index is -1.99. The lowest BCUT2D eigenvalue weighted by Crippen LogP contribution is -2.60. The molecule has 1 aromatic carbocycles. The molecule has 20 heteroatoms. The maximum atomic E-state index is 14.5. The molecular weight excluding hydrogens is 896 g/mol. The highest BCUT2D eigenvalue weighted by Crippen LogP contribution is 2.40. The molecule has 0 spiro atoms. The number of nitro groups is 1. The summed E-state index contributed by atoms with van der Waals surface area (Å²) in [4.78, 5) is 42.5. The number of carbonyl (C=O) groups excluding carboxylic acids is 2. The van der Waals surface area contributed by atoms with Crippen molar-refractivity contribution in [2.75, 3.05) is 40.8 Å². The van der Waals surface area contributed by atoms with Crippen molar-refractivity contribution >= 4 is 29.2 Å². The van der Waals surface area contributed by atoms with Crippen LogP contribution in [-0.2, 0) is 33.2 Å². The summed E-state index contributed by atoms with van der Waals surface area (Å²) in [6.45, 7) is 17.6. The summed E-state index contributed by atoms with van der Waals surface area (Å²) in [5.41, 5.74) is -5.39. The van der Waals surface area contributed by atoms with Gasteiger partial charge in [0.15, 0.2) is 12.6 Å². The monoisotopic (exact) mass is 975 g/mol. The van der Waals surface area contributed by atoms with Crippen LogP contribution in [0.3, 0.4) is 0 Å².